The maximum atomic E-state index is 12.1. The Morgan fingerprint density at radius 3 is 2.51 bits per heavy atom. The number of anilines is 1. The third kappa shape index (κ3) is 8.13. The van der Waals surface area contributed by atoms with E-state index >= 15 is 0 Å². The number of hydrogen-bond donors (Lipinski definition) is 4. The zero-order chi connectivity index (χ0) is 27.8. The van der Waals surface area contributed by atoms with Gasteiger partial charge in [-0.05, 0) is 60.5 Å². The molecule has 0 radical (unpaired) electrons. The summed E-state index contributed by atoms with van der Waals surface area (Å²) in [6.45, 7) is 2.09. The number of aliphatic hydroxyl groups is 1. The van der Waals surface area contributed by atoms with Crippen molar-refractivity contribution in [2.45, 2.75) is 31.4 Å². The van der Waals surface area contributed by atoms with E-state index in [0.717, 1.165) is 27.8 Å². The number of hydrogen-bond acceptors (Lipinski definition) is 8. The number of carbonyl (C=O) groups excluding carboxylic acids is 2. The molecule has 11 heteroatoms. The van der Waals surface area contributed by atoms with Crippen LogP contribution in [0.25, 0.3) is 0 Å². The van der Waals surface area contributed by atoms with Crippen LogP contribution in [0.15, 0.2) is 72.8 Å². The summed E-state index contributed by atoms with van der Waals surface area (Å²) in [5, 5.41) is 23.1. The first kappa shape index (κ1) is 27.8. The van der Waals surface area contributed by atoms with Gasteiger partial charge in [-0.3, -0.25) is 14.9 Å². The molecule has 0 saturated carbocycles. The predicted molar refractivity (Wildman–Crippen MR) is 147 cm³/mol. The standard InChI is InChI=1S/C28H29N3O7S/c1-18(32)16-31(28(35)36)13-12-19-10-11-23(29-26-25(33)30-27(34)39-26)24(14-19)38-22-9-5-8-21(15-22)37-17-20-6-3-2-4-7-20/h2-11,14-15,18,26,29,32H,12-13,16-17H2,1H3,(H,35,36)(H,30,33,34)/t18-,26?/m0/s1. The van der Waals surface area contributed by atoms with Gasteiger partial charge in [-0.2, -0.15) is 0 Å². The van der Waals surface area contributed by atoms with Crippen molar-refractivity contribution in [2.75, 3.05) is 18.4 Å². The third-order valence-electron chi connectivity index (χ3n) is 5.73. The number of nitrogens with one attached hydrogen (secondary N) is 2. The second-order valence-electron chi connectivity index (χ2n) is 8.93. The number of nitrogens with zero attached hydrogens (tertiary/aromatic N) is 1. The Morgan fingerprint density at radius 1 is 1.05 bits per heavy atom. The number of imide groups is 1. The molecule has 1 unspecified atom stereocenters. The second kappa shape index (κ2) is 13.0. The lowest BCUT2D eigenvalue weighted by molar-refractivity contribution is -0.118. The highest BCUT2D eigenvalue weighted by Gasteiger charge is 2.32. The monoisotopic (exact) mass is 551 g/mol. The topological polar surface area (TPSA) is 137 Å². The highest BCUT2D eigenvalue weighted by atomic mass is 32.2. The summed E-state index contributed by atoms with van der Waals surface area (Å²) in [5.74, 6) is 1.03. The molecule has 39 heavy (non-hydrogen) atoms. The molecular weight excluding hydrogens is 522 g/mol. The first-order valence-corrected chi connectivity index (χ1v) is 13.2. The third-order valence-corrected chi connectivity index (χ3v) is 6.61. The molecular formula is C28H29N3O7S. The Kier molecular flexibility index (Phi) is 9.29. The zero-order valence-electron chi connectivity index (χ0n) is 21.2. The summed E-state index contributed by atoms with van der Waals surface area (Å²) in [5.41, 5.74) is 2.29. The number of benzene rings is 3. The summed E-state index contributed by atoms with van der Waals surface area (Å²) < 4.78 is 12.1. The average Bonchev–Trinajstić information content (AvgIpc) is 3.23. The Labute approximate surface area is 229 Å². The van der Waals surface area contributed by atoms with Crippen molar-refractivity contribution >= 4 is 34.7 Å². The van der Waals surface area contributed by atoms with Crippen molar-refractivity contribution in [1.82, 2.24) is 10.2 Å². The second-order valence-corrected chi connectivity index (χ2v) is 10.0. The Balaban J connectivity index is 1.53. The van der Waals surface area contributed by atoms with Crippen LogP contribution < -0.4 is 20.1 Å². The molecule has 3 aromatic carbocycles. The first-order valence-electron chi connectivity index (χ1n) is 12.3. The summed E-state index contributed by atoms with van der Waals surface area (Å²) in [6.07, 6.45) is -1.54. The van der Waals surface area contributed by atoms with Crippen LogP contribution >= 0.6 is 11.8 Å². The molecule has 1 heterocycles. The number of ether oxygens (including phenoxy) is 2. The molecule has 1 saturated heterocycles. The highest BCUT2D eigenvalue weighted by molar-refractivity contribution is 8.15. The van der Waals surface area contributed by atoms with Gasteiger partial charge in [-0.15, -0.1) is 0 Å². The molecule has 1 aliphatic heterocycles. The largest absolute Gasteiger partial charge is 0.489 e. The van der Waals surface area contributed by atoms with Crippen LogP contribution in [0.5, 0.6) is 17.2 Å². The highest BCUT2D eigenvalue weighted by Crippen LogP contribution is 2.34. The summed E-state index contributed by atoms with van der Waals surface area (Å²) in [6, 6.07) is 22.1. The molecule has 4 N–H and O–H groups in total. The van der Waals surface area contributed by atoms with Crippen LogP contribution in [-0.2, 0) is 17.8 Å². The lowest BCUT2D eigenvalue weighted by Crippen LogP contribution is -2.36. The van der Waals surface area contributed by atoms with Gasteiger partial charge in [0.1, 0.15) is 18.1 Å². The minimum absolute atomic E-state index is 0.00382. The molecule has 1 fully saturated rings. The number of amides is 3. The number of thioether (sulfide) groups is 1. The van der Waals surface area contributed by atoms with Crippen LogP contribution in [0.1, 0.15) is 18.1 Å². The van der Waals surface area contributed by atoms with Crippen molar-refractivity contribution in [1.29, 1.82) is 0 Å². The maximum absolute atomic E-state index is 12.1. The molecule has 1 aliphatic rings. The van der Waals surface area contributed by atoms with Gasteiger partial charge in [0, 0.05) is 19.2 Å². The molecule has 3 aromatic rings. The summed E-state index contributed by atoms with van der Waals surface area (Å²) in [4.78, 5) is 36.5. The fraction of sp³-hybridized carbons (Fsp3) is 0.250. The van der Waals surface area contributed by atoms with Crippen LogP contribution in [0.2, 0.25) is 0 Å². The van der Waals surface area contributed by atoms with E-state index in [1.54, 1.807) is 36.4 Å². The van der Waals surface area contributed by atoms with Crippen LogP contribution in [0.3, 0.4) is 0 Å². The van der Waals surface area contributed by atoms with Gasteiger partial charge < -0.3 is 29.9 Å². The number of rotatable bonds is 12. The summed E-state index contributed by atoms with van der Waals surface area (Å²) >= 11 is 0.836. The van der Waals surface area contributed by atoms with Gasteiger partial charge in [-0.1, -0.05) is 42.5 Å². The van der Waals surface area contributed by atoms with Gasteiger partial charge in [0.15, 0.2) is 11.1 Å². The molecule has 0 bridgehead atoms. The molecule has 0 spiro atoms. The zero-order valence-corrected chi connectivity index (χ0v) is 22.0. The fourth-order valence-corrected chi connectivity index (χ4v) is 4.59. The number of carbonyl (C=O) groups is 3. The van der Waals surface area contributed by atoms with Crippen LogP contribution in [0, 0.1) is 0 Å². The van der Waals surface area contributed by atoms with Gasteiger partial charge in [0.2, 0.25) is 0 Å². The van der Waals surface area contributed by atoms with E-state index < -0.39 is 28.7 Å². The smallest absolute Gasteiger partial charge is 0.407 e. The molecule has 204 valence electrons. The quantitative estimate of drug-likeness (QED) is 0.253. The van der Waals surface area contributed by atoms with Gasteiger partial charge >= 0.3 is 6.09 Å². The molecule has 0 aliphatic carbocycles. The van der Waals surface area contributed by atoms with Gasteiger partial charge in [0.25, 0.3) is 11.1 Å². The van der Waals surface area contributed by atoms with Crippen molar-refractivity contribution < 1.29 is 34.1 Å². The average molecular weight is 552 g/mol. The molecule has 0 aromatic heterocycles. The minimum Gasteiger partial charge on any atom is -0.489 e. The predicted octanol–water partition coefficient (Wildman–Crippen LogP) is 4.68. The van der Waals surface area contributed by atoms with E-state index in [0.29, 0.717) is 36.0 Å². The van der Waals surface area contributed by atoms with E-state index in [1.807, 2.05) is 36.4 Å². The fourth-order valence-electron chi connectivity index (χ4n) is 3.86. The van der Waals surface area contributed by atoms with Crippen molar-refractivity contribution in [2.24, 2.45) is 0 Å². The van der Waals surface area contributed by atoms with Crippen molar-refractivity contribution in [3.05, 3.63) is 83.9 Å². The van der Waals surface area contributed by atoms with E-state index in [4.69, 9.17) is 9.47 Å². The van der Waals surface area contributed by atoms with Crippen molar-refractivity contribution in [3.63, 3.8) is 0 Å². The normalized spacial score (nSPS) is 15.4. The van der Waals surface area contributed by atoms with E-state index in [-0.39, 0.29) is 13.1 Å². The Hall–Kier alpha value is -4.22. The van der Waals surface area contributed by atoms with E-state index in [1.165, 1.54) is 6.92 Å². The lowest BCUT2D eigenvalue weighted by atomic mass is 10.1. The minimum atomic E-state index is -1.12. The molecule has 3 amide bonds. The number of aliphatic hydroxyl groups excluding tert-OH is 1. The molecule has 4 rings (SSSR count). The van der Waals surface area contributed by atoms with Gasteiger partial charge in [0.05, 0.1) is 11.8 Å². The van der Waals surface area contributed by atoms with E-state index in [2.05, 4.69) is 10.6 Å². The lowest BCUT2D eigenvalue weighted by Gasteiger charge is -2.21. The molecule has 10 nitrogen and oxygen atoms in total. The first-order chi connectivity index (χ1) is 18.8. The van der Waals surface area contributed by atoms with E-state index in [9.17, 15) is 24.6 Å². The summed E-state index contributed by atoms with van der Waals surface area (Å²) in [7, 11) is 0. The SMILES string of the molecule is C[C@H](O)CN(CCc1ccc(NC2SC(=O)NC2=O)c(Oc2cccc(OCc3ccccc3)c2)c1)C(=O)O. The Morgan fingerprint density at radius 2 is 1.82 bits per heavy atom. The van der Waals surface area contributed by atoms with Gasteiger partial charge in [-0.25, -0.2) is 4.79 Å². The molecule has 2 atom stereocenters. The van der Waals surface area contributed by atoms with Crippen LogP contribution in [-0.4, -0.2) is 56.9 Å². The Bertz CT molecular complexity index is 1320. The maximum Gasteiger partial charge on any atom is 0.407 e. The van der Waals surface area contributed by atoms with Crippen molar-refractivity contribution in [3.8, 4) is 17.2 Å². The van der Waals surface area contributed by atoms with Crippen LogP contribution in [0.4, 0.5) is 15.3 Å². The number of carboxylic acid groups (broad SMARTS) is 1.